The maximum Gasteiger partial charge on any atom is 0.128 e. The highest BCUT2D eigenvalue weighted by molar-refractivity contribution is 5.27. The second-order valence-electron chi connectivity index (χ2n) is 5.32. The van der Waals surface area contributed by atoms with E-state index < -0.39 is 0 Å². The van der Waals surface area contributed by atoms with E-state index in [-0.39, 0.29) is 17.7 Å². The van der Waals surface area contributed by atoms with Crippen LogP contribution in [-0.2, 0) is 4.74 Å². The van der Waals surface area contributed by atoms with Crippen molar-refractivity contribution in [1.82, 2.24) is 5.32 Å². The van der Waals surface area contributed by atoms with Crippen LogP contribution in [0.2, 0.25) is 0 Å². The molecule has 0 saturated heterocycles. The first kappa shape index (κ1) is 14.4. The Labute approximate surface area is 113 Å². The minimum absolute atomic E-state index is 0.223. The summed E-state index contributed by atoms with van der Waals surface area (Å²) in [4.78, 5) is 0. The van der Waals surface area contributed by atoms with Gasteiger partial charge in [-0.05, 0) is 50.3 Å². The SMILES string of the molecule is Cc1cc(F)c(C(C)NCCOCC2CC2)cc1F. The zero-order chi connectivity index (χ0) is 13.8. The second kappa shape index (κ2) is 6.44. The number of rotatable bonds is 7. The summed E-state index contributed by atoms with van der Waals surface area (Å²) in [6, 6.07) is 2.29. The number of nitrogens with one attached hydrogen (secondary N) is 1. The van der Waals surface area contributed by atoms with E-state index >= 15 is 0 Å². The number of aryl methyl sites for hydroxylation is 1. The van der Waals surface area contributed by atoms with E-state index in [0.29, 0.717) is 24.3 Å². The van der Waals surface area contributed by atoms with Crippen LogP contribution in [0, 0.1) is 24.5 Å². The number of halogens is 2. The highest BCUT2D eigenvalue weighted by atomic mass is 19.1. The van der Waals surface area contributed by atoms with Crippen molar-refractivity contribution >= 4 is 0 Å². The lowest BCUT2D eigenvalue weighted by Gasteiger charge is -2.16. The maximum atomic E-state index is 13.7. The molecule has 106 valence electrons. The number of hydrogen-bond donors (Lipinski definition) is 1. The zero-order valence-electron chi connectivity index (χ0n) is 11.5. The van der Waals surface area contributed by atoms with Gasteiger partial charge in [-0.3, -0.25) is 0 Å². The van der Waals surface area contributed by atoms with Crippen LogP contribution in [0.5, 0.6) is 0 Å². The van der Waals surface area contributed by atoms with Crippen LogP contribution >= 0.6 is 0 Å². The Balaban J connectivity index is 1.78. The normalized spacial score (nSPS) is 16.6. The monoisotopic (exact) mass is 269 g/mol. The quantitative estimate of drug-likeness (QED) is 0.766. The van der Waals surface area contributed by atoms with Gasteiger partial charge in [0.05, 0.1) is 6.61 Å². The number of ether oxygens (including phenoxy) is 1. The van der Waals surface area contributed by atoms with Crippen LogP contribution in [0.4, 0.5) is 8.78 Å². The molecule has 1 aromatic carbocycles. The molecule has 0 aliphatic heterocycles. The Morgan fingerprint density at radius 2 is 2.05 bits per heavy atom. The summed E-state index contributed by atoms with van der Waals surface area (Å²) in [5.41, 5.74) is 0.700. The lowest BCUT2D eigenvalue weighted by molar-refractivity contribution is 0.124. The van der Waals surface area contributed by atoms with Crippen molar-refractivity contribution in [2.45, 2.75) is 32.7 Å². The fourth-order valence-electron chi connectivity index (χ4n) is 1.99. The van der Waals surface area contributed by atoms with E-state index in [0.717, 1.165) is 12.5 Å². The molecule has 0 radical (unpaired) electrons. The van der Waals surface area contributed by atoms with Gasteiger partial charge in [-0.2, -0.15) is 0 Å². The fourth-order valence-corrected chi connectivity index (χ4v) is 1.99. The van der Waals surface area contributed by atoms with Crippen LogP contribution < -0.4 is 5.32 Å². The zero-order valence-corrected chi connectivity index (χ0v) is 11.5. The topological polar surface area (TPSA) is 21.3 Å². The van der Waals surface area contributed by atoms with Crippen molar-refractivity contribution in [2.24, 2.45) is 5.92 Å². The minimum Gasteiger partial charge on any atom is -0.380 e. The molecule has 1 unspecified atom stereocenters. The molecule has 0 heterocycles. The summed E-state index contributed by atoms with van der Waals surface area (Å²) in [6.07, 6.45) is 2.55. The highest BCUT2D eigenvalue weighted by Crippen LogP contribution is 2.28. The Morgan fingerprint density at radius 1 is 1.32 bits per heavy atom. The summed E-state index contributed by atoms with van der Waals surface area (Å²) in [6.45, 7) is 5.46. The smallest absolute Gasteiger partial charge is 0.128 e. The first-order chi connectivity index (χ1) is 9.08. The van der Waals surface area contributed by atoms with E-state index in [1.54, 1.807) is 6.92 Å². The van der Waals surface area contributed by atoms with Crippen molar-refractivity contribution in [2.75, 3.05) is 19.8 Å². The molecule has 0 aromatic heterocycles. The van der Waals surface area contributed by atoms with Crippen molar-refractivity contribution < 1.29 is 13.5 Å². The van der Waals surface area contributed by atoms with Crippen molar-refractivity contribution in [1.29, 1.82) is 0 Å². The molecular weight excluding hydrogens is 248 g/mol. The van der Waals surface area contributed by atoms with Gasteiger partial charge in [0.15, 0.2) is 0 Å². The van der Waals surface area contributed by atoms with Crippen molar-refractivity contribution in [3.8, 4) is 0 Å². The maximum absolute atomic E-state index is 13.7. The first-order valence-corrected chi connectivity index (χ1v) is 6.84. The molecule has 1 aliphatic carbocycles. The second-order valence-corrected chi connectivity index (χ2v) is 5.32. The third-order valence-corrected chi connectivity index (χ3v) is 3.49. The van der Waals surface area contributed by atoms with Crippen LogP contribution in [0.3, 0.4) is 0 Å². The first-order valence-electron chi connectivity index (χ1n) is 6.84. The molecule has 2 rings (SSSR count). The molecule has 0 spiro atoms. The summed E-state index contributed by atoms with van der Waals surface area (Å²) in [7, 11) is 0. The molecule has 4 heteroatoms. The third-order valence-electron chi connectivity index (χ3n) is 3.49. The van der Waals surface area contributed by atoms with Crippen LogP contribution in [-0.4, -0.2) is 19.8 Å². The van der Waals surface area contributed by atoms with Gasteiger partial charge in [-0.25, -0.2) is 8.78 Å². The van der Waals surface area contributed by atoms with E-state index in [4.69, 9.17) is 4.74 Å². The lowest BCUT2D eigenvalue weighted by atomic mass is 10.1. The van der Waals surface area contributed by atoms with E-state index in [1.165, 1.54) is 25.0 Å². The Bertz CT molecular complexity index is 432. The predicted octanol–water partition coefficient (Wildman–Crippen LogP) is 3.35. The average Bonchev–Trinajstić information content (AvgIpc) is 3.17. The fraction of sp³-hybridized carbons (Fsp3) is 0.600. The van der Waals surface area contributed by atoms with Gasteiger partial charge in [0.1, 0.15) is 11.6 Å². The summed E-state index contributed by atoms with van der Waals surface area (Å²) >= 11 is 0. The van der Waals surface area contributed by atoms with Gasteiger partial charge < -0.3 is 10.1 Å². The summed E-state index contributed by atoms with van der Waals surface area (Å²) in [5, 5.41) is 3.15. The minimum atomic E-state index is -0.366. The molecule has 2 nitrogen and oxygen atoms in total. The van der Waals surface area contributed by atoms with Crippen LogP contribution in [0.25, 0.3) is 0 Å². The van der Waals surface area contributed by atoms with E-state index in [2.05, 4.69) is 5.32 Å². The molecule has 1 saturated carbocycles. The molecule has 1 fully saturated rings. The van der Waals surface area contributed by atoms with Gasteiger partial charge in [-0.1, -0.05) is 0 Å². The van der Waals surface area contributed by atoms with E-state index in [9.17, 15) is 8.78 Å². The average molecular weight is 269 g/mol. The summed E-state index contributed by atoms with van der Waals surface area (Å²) in [5.74, 6) is 0.0221. The molecular formula is C15H21F2NO. The number of benzene rings is 1. The van der Waals surface area contributed by atoms with Crippen LogP contribution in [0.1, 0.15) is 36.9 Å². The largest absolute Gasteiger partial charge is 0.380 e. The van der Waals surface area contributed by atoms with Gasteiger partial charge >= 0.3 is 0 Å². The lowest BCUT2D eigenvalue weighted by Crippen LogP contribution is -2.24. The Hall–Kier alpha value is -1.00. The summed E-state index contributed by atoms with van der Waals surface area (Å²) < 4.78 is 32.7. The molecule has 0 bridgehead atoms. The molecule has 19 heavy (non-hydrogen) atoms. The Kier molecular flexibility index (Phi) is 4.88. The van der Waals surface area contributed by atoms with Gasteiger partial charge in [-0.15, -0.1) is 0 Å². The Morgan fingerprint density at radius 3 is 2.74 bits per heavy atom. The van der Waals surface area contributed by atoms with Gasteiger partial charge in [0.2, 0.25) is 0 Å². The van der Waals surface area contributed by atoms with Crippen LogP contribution in [0.15, 0.2) is 12.1 Å². The van der Waals surface area contributed by atoms with Gasteiger partial charge in [0, 0.05) is 24.8 Å². The molecule has 1 atom stereocenters. The van der Waals surface area contributed by atoms with E-state index in [1.807, 2.05) is 6.92 Å². The third kappa shape index (κ3) is 4.25. The number of hydrogen-bond acceptors (Lipinski definition) is 2. The molecule has 1 N–H and O–H groups in total. The van der Waals surface area contributed by atoms with Crippen molar-refractivity contribution in [3.05, 3.63) is 34.9 Å². The van der Waals surface area contributed by atoms with Crippen molar-refractivity contribution in [3.63, 3.8) is 0 Å². The molecule has 1 aromatic rings. The predicted molar refractivity (Wildman–Crippen MR) is 71.1 cm³/mol. The molecule has 1 aliphatic rings. The molecule has 0 amide bonds. The standard InChI is InChI=1S/C15H21F2NO/c1-10-7-15(17)13(8-14(10)16)11(2)18-5-6-19-9-12-3-4-12/h7-8,11-12,18H,3-6,9H2,1-2H3. The highest BCUT2D eigenvalue weighted by Gasteiger charge is 2.21. The van der Waals surface area contributed by atoms with Gasteiger partial charge in [0.25, 0.3) is 0 Å².